The number of hydrogen-bond acceptors (Lipinski definition) is 6. The Balaban J connectivity index is 1.14. The van der Waals surface area contributed by atoms with Crippen molar-refractivity contribution in [2.45, 2.75) is 31.7 Å². The molecule has 9 heteroatoms. The molecule has 4 heterocycles. The Morgan fingerprint density at radius 2 is 1.83 bits per heavy atom. The Bertz CT molecular complexity index is 1300. The number of benzene rings is 2. The number of hydrogen-bond donors (Lipinski definition) is 1. The lowest BCUT2D eigenvalue weighted by Crippen LogP contribution is -2.56. The average molecular weight is 472 g/mol. The van der Waals surface area contributed by atoms with Gasteiger partial charge in [-0.3, -0.25) is 14.7 Å². The van der Waals surface area contributed by atoms with Gasteiger partial charge in [0, 0.05) is 37.6 Å². The van der Waals surface area contributed by atoms with E-state index in [2.05, 4.69) is 20.5 Å². The second kappa shape index (κ2) is 8.48. The highest BCUT2D eigenvalue weighted by Gasteiger charge is 2.46. The summed E-state index contributed by atoms with van der Waals surface area (Å²) in [6.45, 7) is 2.61. The van der Waals surface area contributed by atoms with E-state index in [1.54, 1.807) is 0 Å². The van der Waals surface area contributed by atoms with Crippen molar-refractivity contribution in [2.24, 2.45) is 15.8 Å². The molecule has 2 fully saturated rings. The van der Waals surface area contributed by atoms with Crippen molar-refractivity contribution in [2.75, 3.05) is 38.2 Å². The van der Waals surface area contributed by atoms with E-state index in [1.807, 2.05) is 70.4 Å². The molecule has 0 saturated carbocycles. The fraction of sp³-hybridized carbons (Fsp3) is 0.423. The Labute approximate surface area is 203 Å². The highest BCUT2D eigenvalue weighted by molar-refractivity contribution is 5.95. The van der Waals surface area contributed by atoms with E-state index in [-0.39, 0.29) is 17.9 Å². The van der Waals surface area contributed by atoms with Crippen molar-refractivity contribution < 1.29 is 9.59 Å². The van der Waals surface area contributed by atoms with Crippen LogP contribution in [0.2, 0.25) is 0 Å². The summed E-state index contributed by atoms with van der Waals surface area (Å²) < 4.78 is 0. The molecule has 1 N–H and O–H groups in total. The number of likely N-dealkylation sites (tertiary alicyclic amines) is 2. The normalized spacial score (nSPS) is 24.7. The van der Waals surface area contributed by atoms with Crippen LogP contribution in [0.3, 0.4) is 0 Å². The molecule has 3 aliphatic heterocycles. The van der Waals surface area contributed by atoms with Gasteiger partial charge in [0.1, 0.15) is 6.04 Å². The number of piperidine rings is 2. The predicted octanol–water partition coefficient (Wildman–Crippen LogP) is 3.97. The molecule has 2 aromatic carbocycles. The first-order valence-electron chi connectivity index (χ1n) is 12.3. The van der Waals surface area contributed by atoms with Crippen LogP contribution in [0, 0.1) is 5.41 Å². The number of anilines is 1. The summed E-state index contributed by atoms with van der Waals surface area (Å²) in [5, 5.41) is 19.2. The van der Waals surface area contributed by atoms with Gasteiger partial charge in [-0.15, -0.1) is 0 Å². The van der Waals surface area contributed by atoms with E-state index in [9.17, 15) is 9.59 Å². The molecule has 0 aliphatic carbocycles. The van der Waals surface area contributed by atoms with E-state index < -0.39 is 5.41 Å². The number of nitrogens with one attached hydrogen (secondary N) is 1. The number of rotatable bonds is 3. The number of aromatic nitrogens is 2. The van der Waals surface area contributed by atoms with Crippen molar-refractivity contribution >= 4 is 28.4 Å². The van der Waals surface area contributed by atoms with Gasteiger partial charge in [-0.2, -0.15) is 10.2 Å². The number of aromatic amines is 1. The molecule has 1 spiro atoms. The first kappa shape index (κ1) is 21.8. The van der Waals surface area contributed by atoms with E-state index >= 15 is 0 Å². The standard InChI is InChI=1S/C26H29N7O2/c1-31-14-4-12-26(25(31)35)13-5-15-32(17-26)24(34)18-8-10-19(11-9-18)33-16-22(28-30-33)23-20-6-2-3-7-21(20)27-29-23/h2-3,6-11,22H,4-5,12-17H2,1H3,(H,27,29). The number of carbonyl (C=O) groups excluding carboxylic acids is 2. The van der Waals surface area contributed by atoms with Gasteiger partial charge in [0.05, 0.1) is 28.9 Å². The van der Waals surface area contributed by atoms with Crippen molar-refractivity contribution in [1.29, 1.82) is 0 Å². The highest BCUT2D eigenvalue weighted by Crippen LogP contribution is 2.39. The van der Waals surface area contributed by atoms with Crippen molar-refractivity contribution in [3.8, 4) is 0 Å². The minimum absolute atomic E-state index is 0.0125. The fourth-order valence-corrected chi connectivity index (χ4v) is 5.81. The molecule has 9 nitrogen and oxygen atoms in total. The zero-order chi connectivity index (χ0) is 24.0. The molecular weight excluding hydrogens is 442 g/mol. The number of para-hydroxylation sites is 1. The highest BCUT2D eigenvalue weighted by atomic mass is 16.2. The quantitative estimate of drug-likeness (QED) is 0.625. The number of carbonyl (C=O) groups is 2. The van der Waals surface area contributed by atoms with E-state index in [0.29, 0.717) is 25.2 Å². The molecule has 2 atom stereocenters. The van der Waals surface area contributed by atoms with Crippen molar-refractivity contribution in [1.82, 2.24) is 20.0 Å². The molecule has 2 saturated heterocycles. The van der Waals surface area contributed by atoms with Crippen LogP contribution in [0.4, 0.5) is 5.69 Å². The maximum Gasteiger partial charge on any atom is 0.253 e. The van der Waals surface area contributed by atoms with Gasteiger partial charge in [0.15, 0.2) is 0 Å². The number of H-pyrrole nitrogens is 1. The van der Waals surface area contributed by atoms with Gasteiger partial charge >= 0.3 is 0 Å². The lowest BCUT2D eigenvalue weighted by atomic mass is 9.73. The molecule has 1 aromatic heterocycles. The molecule has 0 bridgehead atoms. The Morgan fingerprint density at radius 1 is 1.06 bits per heavy atom. The van der Waals surface area contributed by atoms with Crippen molar-refractivity contribution in [3.05, 3.63) is 59.8 Å². The van der Waals surface area contributed by atoms with Gasteiger partial charge in [-0.25, -0.2) is 5.01 Å². The Hall–Kier alpha value is -3.75. The molecule has 2 unspecified atom stereocenters. The topological polar surface area (TPSA) is 97.3 Å². The van der Waals surface area contributed by atoms with Gasteiger partial charge in [-0.1, -0.05) is 23.4 Å². The summed E-state index contributed by atoms with van der Waals surface area (Å²) in [5.41, 5.74) is 2.98. The summed E-state index contributed by atoms with van der Waals surface area (Å²) in [7, 11) is 1.87. The minimum atomic E-state index is -0.414. The zero-order valence-electron chi connectivity index (χ0n) is 19.9. The molecule has 3 aliphatic rings. The van der Waals surface area contributed by atoms with E-state index in [4.69, 9.17) is 0 Å². The van der Waals surface area contributed by atoms with Crippen molar-refractivity contribution in [3.63, 3.8) is 0 Å². The third-order valence-electron chi connectivity index (χ3n) is 7.69. The van der Waals surface area contributed by atoms with Crippen LogP contribution < -0.4 is 5.01 Å². The summed E-state index contributed by atoms with van der Waals surface area (Å²) in [4.78, 5) is 29.9. The Kier molecular flexibility index (Phi) is 5.27. The number of nitrogens with zero attached hydrogens (tertiary/aromatic N) is 6. The van der Waals surface area contributed by atoms with Gasteiger partial charge in [0.25, 0.3) is 5.91 Å². The molecule has 6 rings (SSSR count). The summed E-state index contributed by atoms with van der Waals surface area (Å²) in [5.74, 6) is 0.178. The first-order chi connectivity index (χ1) is 17.0. The zero-order valence-corrected chi connectivity index (χ0v) is 19.9. The lowest BCUT2D eigenvalue weighted by Gasteiger charge is -2.46. The number of amides is 2. The van der Waals surface area contributed by atoms with E-state index in [1.165, 1.54) is 0 Å². The van der Waals surface area contributed by atoms with Crippen LogP contribution in [0.25, 0.3) is 10.9 Å². The van der Waals surface area contributed by atoms with Gasteiger partial charge < -0.3 is 9.80 Å². The predicted molar refractivity (Wildman–Crippen MR) is 132 cm³/mol. The second-order valence-corrected chi connectivity index (χ2v) is 9.94. The van der Waals surface area contributed by atoms with Crippen LogP contribution in [0.5, 0.6) is 0 Å². The summed E-state index contributed by atoms with van der Waals surface area (Å²) in [6.07, 6.45) is 3.59. The average Bonchev–Trinajstić information content (AvgIpc) is 3.55. The van der Waals surface area contributed by atoms with E-state index in [0.717, 1.165) is 54.5 Å². The molecule has 0 radical (unpaired) electrons. The fourth-order valence-electron chi connectivity index (χ4n) is 5.81. The second-order valence-electron chi connectivity index (χ2n) is 9.94. The third-order valence-corrected chi connectivity index (χ3v) is 7.69. The van der Waals surface area contributed by atoms with Crippen LogP contribution in [-0.2, 0) is 4.79 Å². The van der Waals surface area contributed by atoms with Gasteiger partial charge in [0.2, 0.25) is 5.91 Å². The molecule has 180 valence electrons. The Morgan fingerprint density at radius 3 is 2.66 bits per heavy atom. The molecule has 35 heavy (non-hydrogen) atoms. The maximum atomic E-state index is 13.3. The molecular formula is C26H29N7O2. The smallest absolute Gasteiger partial charge is 0.253 e. The largest absolute Gasteiger partial charge is 0.345 e. The number of fused-ring (bicyclic) bond motifs is 1. The first-order valence-corrected chi connectivity index (χ1v) is 12.3. The van der Waals surface area contributed by atoms with Crippen LogP contribution in [0.1, 0.15) is 47.8 Å². The molecule has 2 amide bonds. The summed E-state index contributed by atoms with van der Waals surface area (Å²) >= 11 is 0. The lowest BCUT2D eigenvalue weighted by molar-refractivity contribution is -0.148. The van der Waals surface area contributed by atoms with Crippen LogP contribution in [0.15, 0.2) is 58.9 Å². The van der Waals surface area contributed by atoms with Gasteiger partial charge in [-0.05, 0) is 56.0 Å². The van der Waals surface area contributed by atoms with Crippen LogP contribution >= 0.6 is 0 Å². The monoisotopic (exact) mass is 471 g/mol. The maximum absolute atomic E-state index is 13.3. The summed E-state index contributed by atoms with van der Waals surface area (Å²) in [6, 6.07) is 15.4. The SMILES string of the molecule is CN1CCCC2(CCCN(C(=O)c3ccc(N4CC(c5[nH]nc6ccccc56)N=N4)cc3)C2)C1=O. The minimum Gasteiger partial charge on any atom is -0.345 e. The molecule has 3 aromatic rings. The third kappa shape index (κ3) is 3.75. The van der Waals surface area contributed by atoms with Crippen LogP contribution in [-0.4, -0.2) is 65.0 Å².